The second-order valence-corrected chi connectivity index (χ2v) is 3.88. The number of rotatable bonds is 7. The Kier molecular flexibility index (Phi) is 6.54. The standard InChI is InChI=1S/C14H20O2/c1-13(6-5-10-15)9-11-16-12-14-7-3-2-4-8-14/h2-4,7-9,15H,5-6,10-12H2,1H3/b13-9+. The van der Waals surface area contributed by atoms with Crippen LogP contribution in [0.5, 0.6) is 0 Å². The minimum Gasteiger partial charge on any atom is -0.396 e. The fourth-order valence-electron chi connectivity index (χ4n) is 1.41. The van der Waals surface area contributed by atoms with Crippen molar-refractivity contribution in [1.82, 2.24) is 0 Å². The highest BCUT2D eigenvalue weighted by Crippen LogP contribution is 2.04. The van der Waals surface area contributed by atoms with Gasteiger partial charge < -0.3 is 9.84 Å². The lowest BCUT2D eigenvalue weighted by molar-refractivity contribution is 0.148. The van der Waals surface area contributed by atoms with E-state index in [0.717, 1.165) is 12.8 Å². The third-order valence-electron chi connectivity index (χ3n) is 2.39. The summed E-state index contributed by atoms with van der Waals surface area (Å²) in [4.78, 5) is 0. The molecule has 0 aliphatic heterocycles. The van der Waals surface area contributed by atoms with E-state index in [-0.39, 0.29) is 6.61 Å². The second kappa shape index (κ2) is 8.08. The molecule has 0 aliphatic carbocycles. The smallest absolute Gasteiger partial charge is 0.0721 e. The van der Waals surface area contributed by atoms with Crippen LogP contribution >= 0.6 is 0 Å². The van der Waals surface area contributed by atoms with Crippen LogP contribution in [0.2, 0.25) is 0 Å². The number of hydrogen-bond acceptors (Lipinski definition) is 2. The first kappa shape index (κ1) is 12.9. The highest BCUT2D eigenvalue weighted by molar-refractivity contribution is 5.13. The minimum absolute atomic E-state index is 0.260. The summed E-state index contributed by atoms with van der Waals surface area (Å²) in [7, 11) is 0. The fourth-order valence-corrected chi connectivity index (χ4v) is 1.41. The maximum Gasteiger partial charge on any atom is 0.0721 e. The molecular weight excluding hydrogens is 200 g/mol. The SMILES string of the molecule is C/C(=C\COCc1ccccc1)CCCO. The zero-order valence-electron chi connectivity index (χ0n) is 9.86. The normalized spacial score (nSPS) is 11.8. The maximum absolute atomic E-state index is 8.68. The molecule has 2 nitrogen and oxygen atoms in total. The molecule has 0 aromatic heterocycles. The minimum atomic E-state index is 0.260. The molecule has 2 heteroatoms. The Morgan fingerprint density at radius 1 is 1.31 bits per heavy atom. The Balaban J connectivity index is 2.16. The van der Waals surface area contributed by atoms with Crippen LogP contribution in [0.3, 0.4) is 0 Å². The van der Waals surface area contributed by atoms with E-state index in [1.807, 2.05) is 18.2 Å². The van der Waals surface area contributed by atoms with Crippen molar-refractivity contribution >= 4 is 0 Å². The lowest BCUT2D eigenvalue weighted by Crippen LogP contribution is -1.94. The molecule has 1 N–H and O–H groups in total. The lowest BCUT2D eigenvalue weighted by Gasteiger charge is -2.03. The van der Waals surface area contributed by atoms with E-state index in [0.29, 0.717) is 13.2 Å². The molecule has 0 saturated heterocycles. The van der Waals surface area contributed by atoms with Gasteiger partial charge in [-0.2, -0.15) is 0 Å². The molecule has 0 spiro atoms. The summed E-state index contributed by atoms with van der Waals surface area (Å²) in [6.07, 6.45) is 3.87. The summed E-state index contributed by atoms with van der Waals surface area (Å²) in [5.41, 5.74) is 2.48. The van der Waals surface area contributed by atoms with Crippen LogP contribution in [0, 0.1) is 0 Å². The molecule has 88 valence electrons. The van der Waals surface area contributed by atoms with E-state index in [9.17, 15) is 0 Å². The summed E-state index contributed by atoms with van der Waals surface area (Å²) >= 11 is 0. The van der Waals surface area contributed by atoms with E-state index < -0.39 is 0 Å². The monoisotopic (exact) mass is 220 g/mol. The van der Waals surface area contributed by atoms with Gasteiger partial charge in [-0.25, -0.2) is 0 Å². The highest BCUT2D eigenvalue weighted by Gasteiger charge is 1.92. The Hall–Kier alpha value is -1.12. The van der Waals surface area contributed by atoms with E-state index in [1.54, 1.807) is 0 Å². The van der Waals surface area contributed by atoms with Gasteiger partial charge in [0.1, 0.15) is 0 Å². The summed E-state index contributed by atoms with van der Waals surface area (Å²) in [6, 6.07) is 10.1. The largest absolute Gasteiger partial charge is 0.396 e. The molecule has 0 unspecified atom stereocenters. The van der Waals surface area contributed by atoms with E-state index >= 15 is 0 Å². The van der Waals surface area contributed by atoms with Gasteiger partial charge in [-0.05, 0) is 25.3 Å². The molecule has 1 aromatic rings. The maximum atomic E-state index is 8.68. The van der Waals surface area contributed by atoms with Crippen molar-refractivity contribution in [3.8, 4) is 0 Å². The molecule has 0 amide bonds. The first-order chi connectivity index (χ1) is 7.83. The first-order valence-corrected chi connectivity index (χ1v) is 5.71. The molecule has 0 atom stereocenters. The molecule has 0 saturated carbocycles. The van der Waals surface area contributed by atoms with Gasteiger partial charge in [0.15, 0.2) is 0 Å². The van der Waals surface area contributed by atoms with Crippen molar-refractivity contribution < 1.29 is 9.84 Å². The average Bonchev–Trinajstić information content (AvgIpc) is 2.33. The Morgan fingerprint density at radius 2 is 2.06 bits per heavy atom. The summed E-state index contributed by atoms with van der Waals surface area (Å²) in [5, 5.41) is 8.68. The van der Waals surface area contributed by atoms with E-state index in [2.05, 4.69) is 25.1 Å². The highest BCUT2D eigenvalue weighted by atomic mass is 16.5. The molecule has 0 aliphatic rings. The molecule has 16 heavy (non-hydrogen) atoms. The molecule has 0 bridgehead atoms. The Bertz CT molecular complexity index is 304. The quantitative estimate of drug-likeness (QED) is 0.565. The molecule has 1 aromatic carbocycles. The zero-order chi connectivity index (χ0) is 11.6. The van der Waals surface area contributed by atoms with Gasteiger partial charge >= 0.3 is 0 Å². The molecule has 1 rings (SSSR count). The Morgan fingerprint density at radius 3 is 2.75 bits per heavy atom. The zero-order valence-corrected chi connectivity index (χ0v) is 9.86. The third kappa shape index (κ3) is 5.69. The van der Waals surface area contributed by atoms with Crippen molar-refractivity contribution in [2.45, 2.75) is 26.4 Å². The first-order valence-electron chi connectivity index (χ1n) is 5.71. The van der Waals surface area contributed by atoms with Gasteiger partial charge in [0.2, 0.25) is 0 Å². The molecular formula is C14H20O2. The van der Waals surface area contributed by atoms with Gasteiger partial charge in [0.05, 0.1) is 13.2 Å². The number of aliphatic hydroxyl groups excluding tert-OH is 1. The van der Waals surface area contributed by atoms with Gasteiger partial charge in [-0.3, -0.25) is 0 Å². The Labute approximate surface area is 97.6 Å². The van der Waals surface area contributed by atoms with Crippen LogP contribution < -0.4 is 0 Å². The predicted octanol–water partition coefficient (Wildman–Crippen LogP) is 2.92. The average molecular weight is 220 g/mol. The number of ether oxygens (including phenoxy) is 1. The van der Waals surface area contributed by atoms with E-state index in [4.69, 9.17) is 9.84 Å². The van der Waals surface area contributed by atoms with Gasteiger partial charge in [0.25, 0.3) is 0 Å². The lowest BCUT2D eigenvalue weighted by atomic mass is 10.1. The number of hydrogen-bond donors (Lipinski definition) is 1. The fraction of sp³-hybridized carbons (Fsp3) is 0.429. The van der Waals surface area contributed by atoms with Crippen LogP contribution in [-0.4, -0.2) is 18.3 Å². The molecule has 0 fully saturated rings. The predicted molar refractivity (Wildman–Crippen MR) is 66.2 cm³/mol. The van der Waals surface area contributed by atoms with Crippen molar-refractivity contribution in [3.63, 3.8) is 0 Å². The second-order valence-electron chi connectivity index (χ2n) is 3.88. The van der Waals surface area contributed by atoms with Gasteiger partial charge in [-0.1, -0.05) is 42.0 Å². The van der Waals surface area contributed by atoms with Crippen LogP contribution in [0.15, 0.2) is 42.0 Å². The number of aliphatic hydroxyl groups is 1. The van der Waals surface area contributed by atoms with Crippen LogP contribution in [0.1, 0.15) is 25.3 Å². The van der Waals surface area contributed by atoms with E-state index in [1.165, 1.54) is 11.1 Å². The third-order valence-corrected chi connectivity index (χ3v) is 2.39. The number of benzene rings is 1. The van der Waals surface area contributed by atoms with Gasteiger partial charge in [0, 0.05) is 6.61 Å². The van der Waals surface area contributed by atoms with Crippen molar-refractivity contribution in [2.24, 2.45) is 0 Å². The van der Waals surface area contributed by atoms with Gasteiger partial charge in [-0.15, -0.1) is 0 Å². The molecule has 0 heterocycles. The van der Waals surface area contributed by atoms with Crippen molar-refractivity contribution in [3.05, 3.63) is 47.5 Å². The molecule has 0 radical (unpaired) electrons. The summed E-state index contributed by atoms with van der Waals surface area (Å²) in [5.74, 6) is 0. The summed E-state index contributed by atoms with van der Waals surface area (Å²) < 4.78 is 5.53. The topological polar surface area (TPSA) is 29.5 Å². The van der Waals surface area contributed by atoms with Crippen LogP contribution in [0.25, 0.3) is 0 Å². The van der Waals surface area contributed by atoms with Crippen LogP contribution in [0.4, 0.5) is 0 Å². The van der Waals surface area contributed by atoms with Crippen LogP contribution in [-0.2, 0) is 11.3 Å². The van der Waals surface area contributed by atoms with Crippen molar-refractivity contribution in [1.29, 1.82) is 0 Å². The van der Waals surface area contributed by atoms with Crippen molar-refractivity contribution in [2.75, 3.05) is 13.2 Å². The summed E-state index contributed by atoms with van der Waals surface area (Å²) in [6.45, 7) is 3.63. The number of allylic oxidation sites excluding steroid dienone is 1.